The van der Waals surface area contributed by atoms with Gasteiger partial charge in [0, 0.05) is 23.0 Å². The van der Waals surface area contributed by atoms with E-state index in [4.69, 9.17) is 4.74 Å². The molecule has 0 bridgehead atoms. The molecule has 33 heavy (non-hydrogen) atoms. The van der Waals surface area contributed by atoms with E-state index in [1.54, 1.807) is 64.6 Å². The Bertz CT molecular complexity index is 1120. The average Bonchev–Trinajstić information content (AvgIpc) is 3.59. The molecule has 1 fully saturated rings. The van der Waals surface area contributed by atoms with Crippen LogP contribution in [0.2, 0.25) is 0 Å². The fourth-order valence-electron chi connectivity index (χ4n) is 3.70. The molecule has 0 aliphatic heterocycles. The first kappa shape index (κ1) is 23.0. The van der Waals surface area contributed by atoms with Crippen molar-refractivity contribution in [3.8, 4) is 5.75 Å². The van der Waals surface area contributed by atoms with Crippen LogP contribution in [-0.2, 0) is 17.9 Å². The number of benzene rings is 2. The standard InChI is InChI=1S/C26H27FN2O3S/c1-18-12-13-33-24(18)16-28(15-19-6-8-21(27)9-7-19)25(30)17-29(22-10-11-22)26(31)20-4-3-5-23(14-20)32-2/h3-9,12-14,22H,10-11,15-17H2,1-2H3. The fourth-order valence-corrected chi connectivity index (χ4v) is 4.62. The Morgan fingerprint density at radius 1 is 1.09 bits per heavy atom. The van der Waals surface area contributed by atoms with Crippen molar-refractivity contribution in [1.29, 1.82) is 0 Å². The number of carbonyl (C=O) groups excluding carboxylic acids is 2. The molecule has 1 aliphatic carbocycles. The van der Waals surface area contributed by atoms with E-state index in [9.17, 15) is 14.0 Å². The molecule has 0 radical (unpaired) electrons. The van der Waals surface area contributed by atoms with Crippen LogP contribution in [-0.4, -0.2) is 41.3 Å². The molecule has 2 aromatic carbocycles. The van der Waals surface area contributed by atoms with E-state index in [0.717, 1.165) is 28.8 Å². The number of halogens is 1. The van der Waals surface area contributed by atoms with E-state index in [1.807, 2.05) is 18.4 Å². The van der Waals surface area contributed by atoms with E-state index < -0.39 is 0 Å². The molecule has 0 saturated heterocycles. The first-order valence-electron chi connectivity index (χ1n) is 10.9. The van der Waals surface area contributed by atoms with Crippen molar-refractivity contribution in [3.63, 3.8) is 0 Å². The highest BCUT2D eigenvalue weighted by Gasteiger charge is 2.35. The van der Waals surface area contributed by atoms with Gasteiger partial charge in [0.25, 0.3) is 5.91 Å². The Hall–Kier alpha value is -3.19. The summed E-state index contributed by atoms with van der Waals surface area (Å²) in [5.74, 6) is -0.00221. The Balaban J connectivity index is 1.55. The van der Waals surface area contributed by atoms with Crippen molar-refractivity contribution in [3.05, 3.63) is 87.4 Å². The maximum absolute atomic E-state index is 13.5. The summed E-state index contributed by atoms with van der Waals surface area (Å²) >= 11 is 1.60. The van der Waals surface area contributed by atoms with Gasteiger partial charge in [0.15, 0.2) is 0 Å². The van der Waals surface area contributed by atoms with Crippen LogP contribution in [0.3, 0.4) is 0 Å². The topological polar surface area (TPSA) is 49.9 Å². The maximum atomic E-state index is 13.5. The van der Waals surface area contributed by atoms with Gasteiger partial charge in [-0.3, -0.25) is 9.59 Å². The molecule has 3 aromatic rings. The Morgan fingerprint density at radius 2 is 1.85 bits per heavy atom. The highest BCUT2D eigenvalue weighted by molar-refractivity contribution is 7.10. The first-order chi connectivity index (χ1) is 15.9. The summed E-state index contributed by atoms with van der Waals surface area (Å²) < 4.78 is 18.6. The van der Waals surface area contributed by atoms with Crippen molar-refractivity contribution in [2.75, 3.05) is 13.7 Å². The summed E-state index contributed by atoms with van der Waals surface area (Å²) in [6.45, 7) is 2.83. The molecule has 1 aromatic heterocycles. The normalized spacial score (nSPS) is 12.9. The third-order valence-corrected chi connectivity index (χ3v) is 6.82. The van der Waals surface area contributed by atoms with Crippen molar-refractivity contribution in [1.82, 2.24) is 9.80 Å². The van der Waals surface area contributed by atoms with Crippen molar-refractivity contribution >= 4 is 23.2 Å². The fraction of sp³-hybridized carbons (Fsp3) is 0.308. The van der Waals surface area contributed by atoms with Crippen LogP contribution in [0, 0.1) is 12.7 Å². The smallest absolute Gasteiger partial charge is 0.254 e. The van der Waals surface area contributed by atoms with E-state index in [2.05, 4.69) is 0 Å². The molecule has 5 nitrogen and oxygen atoms in total. The average molecular weight is 467 g/mol. The van der Waals surface area contributed by atoms with Gasteiger partial charge in [0.05, 0.1) is 13.7 Å². The number of thiophene rings is 1. The first-order valence-corrected chi connectivity index (χ1v) is 11.8. The van der Waals surface area contributed by atoms with E-state index in [-0.39, 0.29) is 30.2 Å². The summed E-state index contributed by atoms with van der Waals surface area (Å²) in [7, 11) is 1.56. The van der Waals surface area contributed by atoms with Crippen LogP contribution >= 0.6 is 11.3 Å². The number of amides is 2. The van der Waals surface area contributed by atoms with Gasteiger partial charge < -0.3 is 14.5 Å². The predicted molar refractivity (Wildman–Crippen MR) is 127 cm³/mol. The summed E-state index contributed by atoms with van der Waals surface area (Å²) in [6, 6.07) is 15.3. The lowest BCUT2D eigenvalue weighted by Crippen LogP contribution is -2.43. The monoisotopic (exact) mass is 466 g/mol. The summed E-state index contributed by atoms with van der Waals surface area (Å²) in [4.78, 5) is 31.3. The van der Waals surface area contributed by atoms with Gasteiger partial charge in [-0.15, -0.1) is 11.3 Å². The largest absolute Gasteiger partial charge is 0.497 e. The van der Waals surface area contributed by atoms with Crippen LogP contribution in [0.1, 0.15) is 39.2 Å². The SMILES string of the molecule is COc1cccc(C(=O)N(CC(=O)N(Cc2ccc(F)cc2)Cc2sccc2C)C2CC2)c1. The van der Waals surface area contributed by atoms with Crippen LogP contribution < -0.4 is 4.74 Å². The molecule has 1 saturated carbocycles. The molecule has 1 aliphatic rings. The third-order valence-electron chi connectivity index (χ3n) is 5.81. The molecule has 0 N–H and O–H groups in total. The minimum Gasteiger partial charge on any atom is -0.497 e. The van der Waals surface area contributed by atoms with E-state index >= 15 is 0 Å². The predicted octanol–water partition coefficient (Wildman–Crippen LogP) is 5.04. The lowest BCUT2D eigenvalue weighted by molar-refractivity contribution is -0.133. The summed E-state index contributed by atoms with van der Waals surface area (Å²) in [5.41, 5.74) is 2.48. The van der Waals surface area contributed by atoms with Crippen LogP contribution in [0.15, 0.2) is 60.0 Å². The molecular formula is C26H27FN2O3S. The molecule has 1 heterocycles. The highest BCUT2D eigenvalue weighted by Crippen LogP contribution is 2.29. The number of aryl methyl sites for hydroxylation is 1. The number of ether oxygens (including phenoxy) is 1. The molecule has 0 unspecified atom stereocenters. The van der Waals surface area contributed by atoms with Crippen LogP contribution in [0.4, 0.5) is 4.39 Å². The molecule has 0 spiro atoms. The quantitative estimate of drug-likeness (QED) is 0.444. The summed E-state index contributed by atoms with van der Waals surface area (Å²) in [5, 5.41) is 2.01. The maximum Gasteiger partial charge on any atom is 0.254 e. The molecule has 172 valence electrons. The third kappa shape index (κ3) is 5.79. The second kappa shape index (κ2) is 10.2. The second-order valence-electron chi connectivity index (χ2n) is 8.30. The van der Waals surface area contributed by atoms with Crippen molar-refractivity contribution in [2.24, 2.45) is 0 Å². The Morgan fingerprint density at radius 3 is 2.48 bits per heavy atom. The lowest BCUT2D eigenvalue weighted by atomic mass is 10.1. The number of hydrogen-bond acceptors (Lipinski definition) is 4. The number of carbonyl (C=O) groups is 2. The molecule has 7 heteroatoms. The lowest BCUT2D eigenvalue weighted by Gasteiger charge is -2.28. The molecule has 4 rings (SSSR count). The molecule has 0 atom stereocenters. The van der Waals surface area contributed by atoms with Gasteiger partial charge in [-0.1, -0.05) is 18.2 Å². The number of hydrogen-bond donors (Lipinski definition) is 0. The van der Waals surface area contributed by atoms with Crippen LogP contribution in [0.25, 0.3) is 0 Å². The van der Waals surface area contributed by atoms with Gasteiger partial charge in [-0.25, -0.2) is 4.39 Å². The van der Waals surface area contributed by atoms with Crippen LogP contribution in [0.5, 0.6) is 5.75 Å². The van der Waals surface area contributed by atoms with Crippen molar-refractivity contribution < 1.29 is 18.7 Å². The van der Waals surface area contributed by atoms with Gasteiger partial charge in [-0.05, 0) is 72.7 Å². The number of methoxy groups -OCH3 is 1. The minimum absolute atomic E-state index is 0.00628. The molecule has 2 amide bonds. The van der Waals surface area contributed by atoms with Gasteiger partial charge >= 0.3 is 0 Å². The highest BCUT2D eigenvalue weighted by atomic mass is 32.1. The zero-order valence-electron chi connectivity index (χ0n) is 18.8. The Kier molecular flexibility index (Phi) is 7.08. The molecular weight excluding hydrogens is 439 g/mol. The van der Waals surface area contributed by atoms with Gasteiger partial charge in [0.1, 0.15) is 18.1 Å². The van der Waals surface area contributed by atoms with E-state index in [1.165, 1.54) is 12.1 Å². The van der Waals surface area contributed by atoms with Crippen molar-refractivity contribution in [2.45, 2.75) is 38.9 Å². The zero-order chi connectivity index (χ0) is 23.4. The minimum atomic E-state index is -0.311. The number of rotatable bonds is 9. The number of nitrogens with zero attached hydrogens (tertiary/aromatic N) is 2. The van der Waals surface area contributed by atoms with E-state index in [0.29, 0.717) is 24.4 Å². The second-order valence-corrected chi connectivity index (χ2v) is 9.30. The van der Waals surface area contributed by atoms with Gasteiger partial charge in [0.2, 0.25) is 5.91 Å². The summed E-state index contributed by atoms with van der Waals surface area (Å²) in [6.07, 6.45) is 1.79. The Labute approximate surface area is 197 Å². The zero-order valence-corrected chi connectivity index (χ0v) is 19.6. The van der Waals surface area contributed by atoms with Gasteiger partial charge in [-0.2, -0.15) is 0 Å².